The largest absolute Gasteiger partial charge is 0.505 e. The molecule has 0 aliphatic heterocycles. The normalized spacial score (nSPS) is 10.5. The first-order valence-electron chi connectivity index (χ1n) is 3.40. The van der Waals surface area contributed by atoms with Crippen molar-refractivity contribution in [3.63, 3.8) is 0 Å². The number of nitro groups is 1. The molecule has 68 valence electrons. The molecule has 1 N–H and O–H groups in total. The van der Waals surface area contributed by atoms with Crippen molar-refractivity contribution in [2.75, 3.05) is 0 Å². The molecule has 1 aromatic carbocycles. The van der Waals surface area contributed by atoms with Gasteiger partial charge in [-0.1, -0.05) is 6.07 Å². The summed E-state index contributed by atoms with van der Waals surface area (Å²) in [6, 6.07) is 3.52. The van der Waals surface area contributed by atoms with Crippen LogP contribution in [0, 0.1) is 15.9 Å². The molecule has 0 amide bonds. The van der Waals surface area contributed by atoms with Crippen LogP contribution in [0.4, 0.5) is 4.39 Å². The summed E-state index contributed by atoms with van der Waals surface area (Å²) >= 11 is 0. The molecule has 0 saturated heterocycles. The fraction of sp³-hybridized carbons (Fsp3) is 0. The van der Waals surface area contributed by atoms with Gasteiger partial charge in [0.15, 0.2) is 11.6 Å². The van der Waals surface area contributed by atoms with Crippen molar-refractivity contribution in [3.8, 4) is 5.75 Å². The minimum atomic E-state index is -0.800. The number of aromatic hydroxyl groups is 1. The van der Waals surface area contributed by atoms with Crippen LogP contribution in [0.5, 0.6) is 5.75 Å². The molecule has 0 aliphatic rings. The summed E-state index contributed by atoms with van der Waals surface area (Å²) in [7, 11) is 0. The van der Waals surface area contributed by atoms with E-state index in [-0.39, 0.29) is 0 Å². The number of phenolic OH excluding ortho intramolecular Hbond substituents is 1. The van der Waals surface area contributed by atoms with E-state index >= 15 is 0 Å². The Bertz CT molecular complexity index is 362. The lowest BCUT2D eigenvalue weighted by Gasteiger charge is -1.94. The Balaban J connectivity index is 2.92. The van der Waals surface area contributed by atoms with Crippen molar-refractivity contribution in [2.45, 2.75) is 0 Å². The van der Waals surface area contributed by atoms with E-state index in [1.807, 2.05) is 0 Å². The molecule has 1 aromatic rings. The number of phenols is 1. The highest BCUT2D eigenvalue weighted by Gasteiger charge is 1.99. The minimum absolute atomic E-state index is 0.326. The quantitative estimate of drug-likeness (QED) is 0.561. The van der Waals surface area contributed by atoms with Crippen LogP contribution in [0.1, 0.15) is 5.56 Å². The highest BCUT2D eigenvalue weighted by Crippen LogP contribution is 2.16. The third kappa shape index (κ3) is 2.55. The molecule has 0 saturated carbocycles. The molecule has 0 aromatic heterocycles. The van der Waals surface area contributed by atoms with E-state index in [0.717, 1.165) is 18.2 Å². The van der Waals surface area contributed by atoms with Gasteiger partial charge in [0.1, 0.15) is 0 Å². The van der Waals surface area contributed by atoms with Crippen LogP contribution in [0.25, 0.3) is 6.08 Å². The van der Waals surface area contributed by atoms with Crippen LogP contribution >= 0.6 is 0 Å². The number of nitrogens with zero attached hydrogens (tertiary/aromatic N) is 1. The topological polar surface area (TPSA) is 63.4 Å². The molecule has 4 nitrogen and oxygen atoms in total. The van der Waals surface area contributed by atoms with E-state index in [1.54, 1.807) is 0 Å². The molecular formula is C8H6FNO3. The fourth-order valence-corrected chi connectivity index (χ4v) is 0.774. The molecule has 0 heterocycles. The Morgan fingerprint density at radius 1 is 1.54 bits per heavy atom. The van der Waals surface area contributed by atoms with Gasteiger partial charge in [0, 0.05) is 6.08 Å². The summed E-state index contributed by atoms with van der Waals surface area (Å²) in [5.41, 5.74) is 0.326. The van der Waals surface area contributed by atoms with Crippen LogP contribution in [0.2, 0.25) is 0 Å². The van der Waals surface area contributed by atoms with Crippen molar-refractivity contribution in [1.29, 1.82) is 0 Å². The molecule has 0 radical (unpaired) electrons. The van der Waals surface area contributed by atoms with Gasteiger partial charge in [0.2, 0.25) is 6.20 Å². The molecular weight excluding hydrogens is 177 g/mol. The van der Waals surface area contributed by atoms with E-state index < -0.39 is 16.5 Å². The molecule has 1 rings (SSSR count). The van der Waals surface area contributed by atoms with Crippen molar-refractivity contribution in [1.82, 2.24) is 0 Å². The Morgan fingerprint density at radius 2 is 2.23 bits per heavy atom. The van der Waals surface area contributed by atoms with Gasteiger partial charge in [-0.15, -0.1) is 0 Å². The number of halogens is 1. The first kappa shape index (κ1) is 9.18. The van der Waals surface area contributed by atoms with Crippen LogP contribution in [-0.4, -0.2) is 10.0 Å². The number of hydrogen-bond donors (Lipinski definition) is 1. The van der Waals surface area contributed by atoms with Crippen molar-refractivity contribution >= 4 is 6.08 Å². The second-order valence-corrected chi connectivity index (χ2v) is 2.31. The van der Waals surface area contributed by atoms with Gasteiger partial charge in [-0.25, -0.2) is 4.39 Å². The fourth-order valence-electron chi connectivity index (χ4n) is 0.774. The number of rotatable bonds is 2. The minimum Gasteiger partial charge on any atom is -0.505 e. The van der Waals surface area contributed by atoms with Gasteiger partial charge in [-0.3, -0.25) is 10.1 Å². The second kappa shape index (κ2) is 3.66. The predicted octanol–water partition coefficient (Wildman–Crippen LogP) is 1.78. The van der Waals surface area contributed by atoms with Gasteiger partial charge in [-0.2, -0.15) is 0 Å². The van der Waals surface area contributed by atoms with E-state index in [2.05, 4.69) is 0 Å². The van der Waals surface area contributed by atoms with Gasteiger partial charge in [-0.05, 0) is 17.7 Å². The van der Waals surface area contributed by atoms with Crippen molar-refractivity contribution in [3.05, 3.63) is 45.9 Å². The number of hydrogen-bond acceptors (Lipinski definition) is 3. The maximum atomic E-state index is 12.6. The molecule has 0 unspecified atom stereocenters. The molecule has 0 aliphatic carbocycles. The van der Waals surface area contributed by atoms with Crippen molar-refractivity contribution in [2.24, 2.45) is 0 Å². The standard InChI is InChI=1S/C8H6FNO3/c9-7-5-6(1-2-8(7)11)3-4-10(12)13/h1-5,11H/b4-3+. The van der Waals surface area contributed by atoms with E-state index in [1.165, 1.54) is 6.07 Å². The highest BCUT2D eigenvalue weighted by molar-refractivity contribution is 5.49. The summed E-state index contributed by atoms with van der Waals surface area (Å²) in [6.07, 6.45) is 1.84. The maximum absolute atomic E-state index is 12.6. The van der Waals surface area contributed by atoms with E-state index in [0.29, 0.717) is 11.8 Å². The Labute approximate surface area is 73.1 Å². The zero-order valence-corrected chi connectivity index (χ0v) is 6.48. The third-order valence-electron chi connectivity index (χ3n) is 1.36. The van der Waals surface area contributed by atoms with Gasteiger partial charge in [0.25, 0.3) is 0 Å². The second-order valence-electron chi connectivity index (χ2n) is 2.31. The van der Waals surface area contributed by atoms with E-state index in [4.69, 9.17) is 5.11 Å². The smallest absolute Gasteiger partial charge is 0.235 e. The Hall–Kier alpha value is -1.91. The SMILES string of the molecule is O=[N+]([O-])/C=C/c1ccc(O)c(F)c1. The summed E-state index contributed by atoms with van der Waals surface area (Å²) in [6.45, 7) is 0. The summed E-state index contributed by atoms with van der Waals surface area (Å²) in [5, 5.41) is 18.7. The lowest BCUT2D eigenvalue weighted by molar-refractivity contribution is -0.400. The third-order valence-corrected chi connectivity index (χ3v) is 1.36. The zero-order valence-electron chi connectivity index (χ0n) is 6.48. The zero-order chi connectivity index (χ0) is 9.84. The lowest BCUT2D eigenvalue weighted by atomic mass is 10.2. The van der Waals surface area contributed by atoms with Crippen LogP contribution < -0.4 is 0 Å². The summed E-state index contributed by atoms with van der Waals surface area (Å²) in [4.78, 5) is 9.25. The lowest BCUT2D eigenvalue weighted by Crippen LogP contribution is -1.83. The first-order valence-corrected chi connectivity index (χ1v) is 3.40. The van der Waals surface area contributed by atoms with E-state index in [9.17, 15) is 14.5 Å². The van der Waals surface area contributed by atoms with Crippen LogP contribution in [-0.2, 0) is 0 Å². The predicted molar refractivity (Wildman–Crippen MR) is 44.1 cm³/mol. The van der Waals surface area contributed by atoms with Gasteiger partial charge >= 0.3 is 0 Å². The molecule has 5 heteroatoms. The number of benzene rings is 1. The van der Waals surface area contributed by atoms with Crippen molar-refractivity contribution < 1.29 is 14.4 Å². The molecule has 0 spiro atoms. The van der Waals surface area contributed by atoms with Gasteiger partial charge < -0.3 is 5.11 Å². The molecule has 0 fully saturated rings. The Kier molecular flexibility index (Phi) is 2.59. The highest BCUT2D eigenvalue weighted by atomic mass is 19.1. The summed E-state index contributed by atoms with van der Waals surface area (Å²) < 4.78 is 12.6. The monoisotopic (exact) mass is 183 g/mol. The van der Waals surface area contributed by atoms with Crippen LogP contribution in [0.15, 0.2) is 24.4 Å². The molecule has 0 bridgehead atoms. The molecule has 13 heavy (non-hydrogen) atoms. The Morgan fingerprint density at radius 3 is 2.77 bits per heavy atom. The first-order chi connectivity index (χ1) is 6.09. The average molecular weight is 183 g/mol. The van der Waals surface area contributed by atoms with Gasteiger partial charge in [0.05, 0.1) is 4.92 Å². The molecule has 0 atom stereocenters. The summed E-state index contributed by atoms with van der Waals surface area (Å²) in [5.74, 6) is -1.27. The van der Waals surface area contributed by atoms with Crippen LogP contribution in [0.3, 0.4) is 0 Å². The maximum Gasteiger partial charge on any atom is 0.235 e. The average Bonchev–Trinajstić information content (AvgIpc) is 2.07.